The number of nitrogens with zero attached hydrogens (tertiary/aromatic N) is 2. The third kappa shape index (κ3) is 3.66. The van der Waals surface area contributed by atoms with Crippen LogP contribution in [0.4, 0.5) is 0 Å². The lowest BCUT2D eigenvalue weighted by Crippen LogP contribution is -2.25. The number of aromatic nitrogens is 2. The van der Waals surface area contributed by atoms with Crippen molar-refractivity contribution in [1.29, 1.82) is 0 Å². The summed E-state index contributed by atoms with van der Waals surface area (Å²) >= 11 is 0. The van der Waals surface area contributed by atoms with Crippen molar-refractivity contribution in [3.05, 3.63) is 36.6 Å². The molecule has 19 heavy (non-hydrogen) atoms. The van der Waals surface area contributed by atoms with Crippen LogP contribution in [-0.2, 0) is 23.1 Å². The lowest BCUT2D eigenvalue weighted by molar-refractivity contribution is 0.412. The van der Waals surface area contributed by atoms with Gasteiger partial charge in [-0.2, -0.15) is 0 Å². The van der Waals surface area contributed by atoms with E-state index in [-0.39, 0.29) is 11.6 Å². The van der Waals surface area contributed by atoms with E-state index < -0.39 is 10.0 Å². The molecular weight excluding hydrogens is 268 g/mol. The first-order valence-corrected chi connectivity index (χ1v) is 7.34. The first-order chi connectivity index (χ1) is 9.12. The zero-order valence-electron chi connectivity index (χ0n) is 10.3. The van der Waals surface area contributed by atoms with Gasteiger partial charge in [-0.1, -0.05) is 0 Å². The molecule has 104 valence electrons. The monoisotopic (exact) mass is 284 g/mol. The van der Waals surface area contributed by atoms with E-state index in [1.165, 1.54) is 6.07 Å². The van der Waals surface area contributed by atoms with Crippen LogP contribution in [0.25, 0.3) is 0 Å². The van der Waals surface area contributed by atoms with Crippen LogP contribution in [0.5, 0.6) is 0 Å². The predicted molar refractivity (Wildman–Crippen MR) is 68.6 cm³/mol. The van der Waals surface area contributed by atoms with Crippen LogP contribution in [0, 0.1) is 0 Å². The number of sulfonamides is 1. The Morgan fingerprint density at radius 3 is 2.89 bits per heavy atom. The van der Waals surface area contributed by atoms with Crippen molar-refractivity contribution >= 4 is 10.0 Å². The van der Waals surface area contributed by atoms with E-state index in [0.717, 1.165) is 0 Å². The van der Waals surface area contributed by atoms with E-state index in [9.17, 15) is 8.42 Å². The molecule has 0 spiro atoms. The first kappa shape index (κ1) is 13.8. The van der Waals surface area contributed by atoms with Gasteiger partial charge in [-0.15, -0.1) is 0 Å². The Balaban J connectivity index is 1.84. The van der Waals surface area contributed by atoms with Gasteiger partial charge in [0.2, 0.25) is 5.09 Å². The number of furan rings is 1. The fraction of sp³-hybridized carbons (Fsp3) is 0.364. The van der Waals surface area contributed by atoms with Crippen LogP contribution < -0.4 is 10.5 Å². The maximum Gasteiger partial charge on any atom is 0.273 e. The first-order valence-electron chi connectivity index (χ1n) is 5.86. The van der Waals surface area contributed by atoms with Gasteiger partial charge in [-0.05, 0) is 18.6 Å². The van der Waals surface area contributed by atoms with Gasteiger partial charge in [0.15, 0.2) is 0 Å². The topological polar surface area (TPSA) is 103 Å². The average Bonchev–Trinajstić information content (AvgIpc) is 3.05. The quantitative estimate of drug-likeness (QED) is 0.712. The van der Waals surface area contributed by atoms with Crippen LogP contribution in [-0.4, -0.2) is 24.5 Å². The van der Waals surface area contributed by atoms with Gasteiger partial charge in [-0.3, -0.25) is 0 Å². The Kier molecular flexibility index (Phi) is 4.35. The number of hydrogen-bond donors (Lipinski definition) is 2. The number of hydrogen-bond acceptors (Lipinski definition) is 5. The van der Waals surface area contributed by atoms with Crippen molar-refractivity contribution in [3.8, 4) is 0 Å². The molecule has 0 aliphatic rings. The average molecular weight is 284 g/mol. The van der Waals surface area contributed by atoms with Crippen molar-refractivity contribution < 1.29 is 12.8 Å². The second-order valence-electron chi connectivity index (χ2n) is 3.98. The highest BCUT2D eigenvalue weighted by molar-refractivity contribution is 7.89. The molecule has 0 aromatic carbocycles. The van der Waals surface area contributed by atoms with Gasteiger partial charge < -0.3 is 14.7 Å². The Morgan fingerprint density at radius 2 is 2.26 bits per heavy atom. The number of nitrogens with one attached hydrogen (secondary N) is 1. The SMILES string of the molecule is NCc1ccc(S(=O)(=O)NCCCn2ccnc2)o1. The lowest BCUT2D eigenvalue weighted by atomic mass is 10.4. The lowest BCUT2D eigenvalue weighted by Gasteiger charge is -2.04. The minimum absolute atomic E-state index is 0.101. The third-order valence-electron chi connectivity index (χ3n) is 2.55. The number of rotatable bonds is 7. The molecule has 3 N–H and O–H groups in total. The molecule has 0 radical (unpaired) electrons. The maximum atomic E-state index is 11.9. The summed E-state index contributed by atoms with van der Waals surface area (Å²) in [5.41, 5.74) is 5.36. The van der Waals surface area contributed by atoms with Crippen molar-refractivity contribution in [2.24, 2.45) is 5.73 Å². The summed E-state index contributed by atoms with van der Waals surface area (Å²) < 4.78 is 33.2. The molecule has 2 heterocycles. The Labute approximate surface area is 111 Å². The molecule has 0 bridgehead atoms. The molecule has 0 saturated heterocycles. The summed E-state index contributed by atoms with van der Waals surface area (Å²) in [6.07, 6.45) is 5.87. The second kappa shape index (κ2) is 6.00. The minimum Gasteiger partial charge on any atom is -0.447 e. The van der Waals surface area contributed by atoms with Crippen LogP contribution in [0.3, 0.4) is 0 Å². The summed E-state index contributed by atoms with van der Waals surface area (Å²) in [7, 11) is -3.59. The van der Waals surface area contributed by atoms with Crippen molar-refractivity contribution in [2.45, 2.75) is 24.6 Å². The molecular formula is C11H16N4O3S. The number of imidazole rings is 1. The van der Waals surface area contributed by atoms with Gasteiger partial charge in [0.25, 0.3) is 10.0 Å². The summed E-state index contributed by atoms with van der Waals surface area (Å²) in [5, 5.41) is -0.101. The van der Waals surface area contributed by atoms with Crippen LogP contribution in [0.2, 0.25) is 0 Å². The van der Waals surface area contributed by atoms with Gasteiger partial charge in [0.1, 0.15) is 5.76 Å². The predicted octanol–water partition coefficient (Wildman–Crippen LogP) is 0.303. The number of nitrogens with two attached hydrogens (primary N) is 1. The van der Waals surface area contributed by atoms with Crippen molar-refractivity contribution in [3.63, 3.8) is 0 Å². The van der Waals surface area contributed by atoms with Gasteiger partial charge in [0.05, 0.1) is 12.9 Å². The molecule has 0 aliphatic carbocycles. The van der Waals surface area contributed by atoms with Crippen LogP contribution in [0.15, 0.2) is 40.4 Å². The molecule has 0 unspecified atom stereocenters. The van der Waals surface area contributed by atoms with Gasteiger partial charge in [0, 0.05) is 25.5 Å². The zero-order chi connectivity index (χ0) is 13.7. The van der Waals surface area contributed by atoms with E-state index >= 15 is 0 Å². The second-order valence-corrected chi connectivity index (χ2v) is 5.67. The molecule has 8 heteroatoms. The highest BCUT2D eigenvalue weighted by Crippen LogP contribution is 2.13. The highest BCUT2D eigenvalue weighted by Gasteiger charge is 2.17. The van der Waals surface area contributed by atoms with Gasteiger partial charge in [-0.25, -0.2) is 18.1 Å². The van der Waals surface area contributed by atoms with E-state index in [1.54, 1.807) is 18.6 Å². The van der Waals surface area contributed by atoms with Crippen LogP contribution in [0.1, 0.15) is 12.2 Å². The molecule has 0 amide bonds. The fourth-order valence-electron chi connectivity index (χ4n) is 1.57. The van der Waals surface area contributed by atoms with E-state index in [2.05, 4.69) is 9.71 Å². The largest absolute Gasteiger partial charge is 0.447 e. The molecule has 0 atom stereocenters. The Bertz CT molecular complexity index is 604. The summed E-state index contributed by atoms with van der Waals surface area (Å²) in [6.45, 7) is 1.21. The Hall–Kier alpha value is -1.64. The smallest absolute Gasteiger partial charge is 0.273 e. The van der Waals surface area contributed by atoms with Crippen molar-refractivity contribution in [2.75, 3.05) is 6.54 Å². The minimum atomic E-state index is -3.59. The number of aryl methyl sites for hydroxylation is 1. The van der Waals surface area contributed by atoms with E-state index in [4.69, 9.17) is 10.2 Å². The summed E-state index contributed by atoms with van der Waals surface area (Å²) in [5.74, 6) is 0.443. The molecule has 7 nitrogen and oxygen atoms in total. The maximum absolute atomic E-state index is 11.9. The standard InChI is InChI=1S/C11H16N4O3S/c12-8-10-2-3-11(18-10)19(16,17)14-4-1-6-15-7-5-13-9-15/h2-3,5,7,9,14H,1,4,6,8,12H2. The molecule has 2 rings (SSSR count). The molecule has 0 aliphatic heterocycles. The van der Waals surface area contributed by atoms with E-state index in [1.807, 2.05) is 10.8 Å². The summed E-state index contributed by atoms with van der Waals surface area (Å²) in [4.78, 5) is 3.91. The van der Waals surface area contributed by atoms with Gasteiger partial charge >= 0.3 is 0 Å². The highest BCUT2D eigenvalue weighted by atomic mass is 32.2. The normalized spacial score (nSPS) is 11.8. The fourth-order valence-corrected chi connectivity index (χ4v) is 2.59. The molecule has 2 aromatic rings. The van der Waals surface area contributed by atoms with E-state index in [0.29, 0.717) is 25.3 Å². The molecule has 2 aromatic heterocycles. The Morgan fingerprint density at radius 1 is 1.42 bits per heavy atom. The van der Waals surface area contributed by atoms with Crippen molar-refractivity contribution in [1.82, 2.24) is 14.3 Å². The van der Waals surface area contributed by atoms with Crippen LogP contribution >= 0.6 is 0 Å². The third-order valence-corrected chi connectivity index (χ3v) is 3.88. The summed E-state index contributed by atoms with van der Waals surface area (Å²) in [6, 6.07) is 2.96. The zero-order valence-corrected chi connectivity index (χ0v) is 11.1. The molecule has 0 saturated carbocycles. The molecule has 0 fully saturated rings.